The van der Waals surface area contributed by atoms with Crippen LogP contribution in [0.4, 0.5) is 0 Å². The van der Waals surface area contributed by atoms with Crippen LogP contribution in [0.25, 0.3) is 10.9 Å². The number of halogens is 1. The monoisotopic (exact) mass is 319 g/mol. The molecule has 1 aliphatic heterocycles. The Hall–Kier alpha value is -1.16. The van der Waals surface area contributed by atoms with Crippen LogP contribution in [0.5, 0.6) is 0 Å². The Morgan fingerprint density at radius 3 is 2.73 bits per heavy atom. The first-order chi connectivity index (χ1) is 10.4. The van der Waals surface area contributed by atoms with Crippen molar-refractivity contribution in [1.82, 2.24) is 15.2 Å². The molecule has 1 aromatic carbocycles. The van der Waals surface area contributed by atoms with Gasteiger partial charge < -0.3 is 5.32 Å². The molecule has 3 rings (SSSR count). The highest BCUT2D eigenvalue weighted by Gasteiger charge is 2.19. The van der Waals surface area contributed by atoms with Crippen LogP contribution in [0.2, 0.25) is 0 Å². The van der Waals surface area contributed by atoms with Gasteiger partial charge in [-0.05, 0) is 63.5 Å². The van der Waals surface area contributed by atoms with Crippen molar-refractivity contribution in [1.29, 1.82) is 0 Å². The lowest BCUT2D eigenvalue weighted by atomic mass is 9.93. The quantitative estimate of drug-likeness (QED) is 0.914. The molecule has 0 radical (unpaired) electrons. The van der Waals surface area contributed by atoms with Crippen molar-refractivity contribution in [2.75, 3.05) is 26.7 Å². The van der Waals surface area contributed by atoms with E-state index in [4.69, 9.17) is 0 Å². The number of hydrogen-bond donors (Lipinski definition) is 1. The molecule has 0 aliphatic carbocycles. The second-order valence-electron chi connectivity index (χ2n) is 6.10. The van der Waals surface area contributed by atoms with Gasteiger partial charge in [-0.1, -0.05) is 24.3 Å². The van der Waals surface area contributed by atoms with E-state index in [9.17, 15) is 0 Å². The summed E-state index contributed by atoms with van der Waals surface area (Å²) in [5.41, 5.74) is 2.53. The molecule has 1 N–H and O–H groups in total. The lowest BCUT2D eigenvalue weighted by Gasteiger charge is -2.32. The summed E-state index contributed by atoms with van der Waals surface area (Å²) >= 11 is 0. The number of hydrogen-bond acceptors (Lipinski definition) is 3. The third kappa shape index (κ3) is 4.19. The van der Waals surface area contributed by atoms with Gasteiger partial charge in [0.2, 0.25) is 0 Å². The molecule has 0 spiro atoms. The van der Waals surface area contributed by atoms with E-state index in [0.717, 1.165) is 24.5 Å². The fraction of sp³-hybridized carbons (Fsp3) is 0.500. The van der Waals surface area contributed by atoms with Gasteiger partial charge in [0.15, 0.2) is 0 Å². The van der Waals surface area contributed by atoms with Crippen molar-refractivity contribution >= 4 is 23.3 Å². The molecular weight excluding hydrogens is 294 g/mol. The third-order valence-corrected chi connectivity index (χ3v) is 4.62. The maximum Gasteiger partial charge on any atom is 0.0746 e. The maximum absolute atomic E-state index is 4.57. The van der Waals surface area contributed by atoms with Gasteiger partial charge >= 0.3 is 0 Å². The van der Waals surface area contributed by atoms with E-state index in [2.05, 4.69) is 39.5 Å². The highest BCUT2D eigenvalue weighted by molar-refractivity contribution is 5.85. The SMILES string of the molecule is CNCCC1CCN(Cc2cccc3cccnc23)CC1.Cl. The summed E-state index contributed by atoms with van der Waals surface area (Å²) in [5, 5.41) is 4.51. The number of nitrogens with zero attached hydrogens (tertiary/aromatic N) is 2. The smallest absolute Gasteiger partial charge is 0.0746 e. The Labute approximate surface area is 139 Å². The number of nitrogens with one attached hydrogen (secondary N) is 1. The van der Waals surface area contributed by atoms with Gasteiger partial charge in [-0.25, -0.2) is 0 Å². The molecule has 3 nitrogen and oxygen atoms in total. The van der Waals surface area contributed by atoms with Gasteiger partial charge in [0.1, 0.15) is 0 Å². The van der Waals surface area contributed by atoms with Crippen molar-refractivity contribution in [3.63, 3.8) is 0 Å². The first-order valence-corrected chi connectivity index (χ1v) is 8.06. The van der Waals surface area contributed by atoms with E-state index in [1.54, 1.807) is 0 Å². The van der Waals surface area contributed by atoms with Crippen LogP contribution in [0, 0.1) is 5.92 Å². The Morgan fingerprint density at radius 2 is 1.95 bits per heavy atom. The number of fused-ring (bicyclic) bond motifs is 1. The zero-order chi connectivity index (χ0) is 14.5. The molecule has 1 saturated heterocycles. The number of aromatic nitrogens is 1. The van der Waals surface area contributed by atoms with Crippen LogP contribution in [0.3, 0.4) is 0 Å². The van der Waals surface area contributed by atoms with Gasteiger partial charge in [0, 0.05) is 18.1 Å². The topological polar surface area (TPSA) is 28.2 Å². The van der Waals surface area contributed by atoms with E-state index < -0.39 is 0 Å². The van der Waals surface area contributed by atoms with Crippen molar-refractivity contribution < 1.29 is 0 Å². The number of para-hydroxylation sites is 1. The molecule has 0 amide bonds. The summed E-state index contributed by atoms with van der Waals surface area (Å²) in [4.78, 5) is 7.15. The van der Waals surface area contributed by atoms with E-state index >= 15 is 0 Å². The van der Waals surface area contributed by atoms with Crippen LogP contribution in [0.1, 0.15) is 24.8 Å². The Morgan fingerprint density at radius 1 is 1.18 bits per heavy atom. The van der Waals surface area contributed by atoms with E-state index in [1.807, 2.05) is 19.3 Å². The van der Waals surface area contributed by atoms with Gasteiger partial charge in [-0.3, -0.25) is 9.88 Å². The number of likely N-dealkylation sites (tertiary alicyclic amines) is 1. The number of rotatable bonds is 5. The molecule has 0 bridgehead atoms. The number of piperidine rings is 1. The first-order valence-electron chi connectivity index (χ1n) is 8.06. The summed E-state index contributed by atoms with van der Waals surface area (Å²) in [6.07, 6.45) is 5.88. The molecule has 2 aromatic rings. The zero-order valence-corrected chi connectivity index (χ0v) is 14.1. The normalized spacial score (nSPS) is 16.6. The summed E-state index contributed by atoms with van der Waals surface area (Å²) in [6, 6.07) is 10.7. The summed E-state index contributed by atoms with van der Waals surface area (Å²) in [5.74, 6) is 0.902. The average molecular weight is 320 g/mol. The second kappa shape index (κ2) is 8.47. The van der Waals surface area contributed by atoms with Crippen molar-refractivity contribution in [2.45, 2.75) is 25.8 Å². The molecule has 120 valence electrons. The number of benzene rings is 1. The van der Waals surface area contributed by atoms with Crippen LogP contribution in [-0.2, 0) is 6.54 Å². The van der Waals surface area contributed by atoms with E-state index in [0.29, 0.717) is 0 Å². The summed E-state index contributed by atoms with van der Waals surface area (Å²) in [6.45, 7) is 4.63. The highest BCUT2D eigenvalue weighted by Crippen LogP contribution is 2.23. The highest BCUT2D eigenvalue weighted by atomic mass is 35.5. The predicted octanol–water partition coefficient (Wildman–Crippen LogP) is 3.48. The third-order valence-electron chi connectivity index (χ3n) is 4.62. The van der Waals surface area contributed by atoms with Crippen LogP contribution in [-0.4, -0.2) is 36.6 Å². The Bertz CT molecular complexity index is 574. The Balaban J connectivity index is 0.00000176. The van der Waals surface area contributed by atoms with Crippen molar-refractivity contribution in [2.24, 2.45) is 5.92 Å². The fourth-order valence-corrected chi connectivity index (χ4v) is 3.32. The van der Waals surface area contributed by atoms with Crippen LogP contribution in [0.15, 0.2) is 36.5 Å². The number of pyridine rings is 1. The second-order valence-corrected chi connectivity index (χ2v) is 6.10. The summed E-state index contributed by atoms with van der Waals surface area (Å²) < 4.78 is 0. The molecular formula is C18H26ClN3. The van der Waals surface area contributed by atoms with E-state index in [-0.39, 0.29) is 12.4 Å². The molecule has 1 fully saturated rings. The fourth-order valence-electron chi connectivity index (χ4n) is 3.32. The average Bonchev–Trinajstić information content (AvgIpc) is 2.55. The lowest BCUT2D eigenvalue weighted by Crippen LogP contribution is -2.34. The molecule has 0 atom stereocenters. The van der Waals surface area contributed by atoms with Crippen LogP contribution < -0.4 is 5.32 Å². The van der Waals surface area contributed by atoms with E-state index in [1.165, 1.54) is 43.3 Å². The summed E-state index contributed by atoms with van der Waals surface area (Å²) in [7, 11) is 2.04. The van der Waals surface area contributed by atoms with Gasteiger partial charge in [-0.15, -0.1) is 12.4 Å². The van der Waals surface area contributed by atoms with Gasteiger partial charge in [0.25, 0.3) is 0 Å². The molecule has 2 heterocycles. The predicted molar refractivity (Wildman–Crippen MR) is 95.5 cm³/mol. The van der Waals surface area contributed by atoms with Crippen LogP contribution >= 0.6 is 12.4 Å². The maximum atomic E-state index is 4.57. The molecule has 0 saturated carbocycles. The molecule has 1 aromatic heterocycles. The molecule has 4 heteroatoms. The molecule has 0 unspecified atom stereocenters. The minimum absolute atomic E-state index is 0. The van der Waals surface area contributed by atoms with Crippen molar-refractivity contribution in [3.8, 4) is 0 Å². The molecule has 1 aliphatic rings. The Kier molecular flexibility index (Phi) is 6.62. The first kappa shape index (κ1) is 17.2. The van der Waals surface area contributed by atoms with Gasteiger partial charge in [0.05, 0.1) is 5.52 Å². The van der Waals surface area contributed by atoms with Crippen molar-refractivity contribution in [3.05, 3.63) is 42.1 Å². The standard InChI is InChI=1S/C18H25N3.ClH/c1-19-11-7-15-8-12-21(13-9-15)14-17-5-2-4-16-6-3-10-20-18(16)17;/h2-6,10,15,19H,7-9,11-14H2,1H3;1H. The molecule has 22 heavy (non-hydrogen) atoms. The largest absolute Gasteiger partial charge is 0.320 e. The zero-order valence-electron chi connectivity index (χ0n) is 13.3. The van der Waals surface area contributed by atoms with Gasteiger partial charge in [-0.2, -0.15) is 0 Å². The minimum atomic E-state index is 0. The minimum Gasteiger partial charge on any atom is -0.320 e. The lowest BCUT2D eigenvalue weighted by molar-refractivity contribution is 0.173.